The van der Waals surface area contributed by atoms with E-state index in [9.17, 15) is 19.2 Å². The maximum atomic E-state index is 13.9. The van der Waals surface area contributed by atoms with Crippen molar-refractivity contribution < 1.29 is 28.7 Å². The highest BCUT2D eigenvalue weighted by molar-refractivity contribution is 6.04. The third-order valence-electron chi connectivity index (χ3n) is 12.1. The first-order valence-corrected chi connectivity index (χ1v) is 20.9. The predicted molar refractivity (Wildman–Crippen MR) is 234 cm³/mol. The minimum Gasteiger partial charge on any atom is -0.453 e. The average Bonchev–Trinajstić information content (AvgIpc) is 4.14. The number of alkyl carbamates (subject to hydrolysis) is 2. The normalized spacial score (nSPS) is 18.4. The van der Waals surface area contributed by atoms with E-state index >= 15 is 0 Å². The number of likely N-dealkylation sites (tertiary alicyclic amines) is 2. The second-order valence-electron chi connectivity index (χ2n) is 16.2. The molecule has 314 valence electrons. The number of aromatic amines is 1. The number of aliphatic imine (C=N–C) groups is 1. The lowest BCUT2D eigenvalue weighted by atomic mass is 9.95. The highest BCUT2D eigenvalue weighted by Crippen LogP contribution is 2.36. The van der Waals surface area contributed by atoms with Gasteiger partial charge in [-0.25, -0.2) is 14.6 Å². The Balaban J connectivity index is 0.918. The van der Waals surface area contributed by atoms with Crippen molar-refractivity contribution >= 4 is 46.1 Å². The molecule has 0 spiro atoms. The van der Waals surface area contributed by atoms with Crippen LogP contribution in [-0.4, -0.2) is 88.9 Å². The van der Waals surface area contributed by atoms with E-state index < -0.39 is 24.3 Å². The molecule has 4 amide bonds. The lowest BCUT2D eigenvalue weighted by Gasteiger charge is -2.31. The number of H-pyrrole nitrogens is 1. The van der Waals surface area contributed by atoms with Gasteiger partial charge in [0.15, 0.2) is 0 Å². The van der Waals surface area contributed by atoms with Crippen LogP contribution in [0.25, 0.3) is 38.7 Å². The summed E-state index contributed by atoms with van der Waals surface area (Å²) in [6, 6.07) is 28.6. The van der Waals surface area contributed by atoms with Gasteiger partial charge in [-0.15, -0.1) is 0 Å². The van der Waals surface area contributed by atoms with Gasteiger partial charge in [0.05, 0.1) is 38.2 Å². The number of carbonyl (C=O) groups excluding carboxylic acids is 4. The number of nitrogens with one attached hydrogen (secondary N) is 3. The molecule has 4 heterocycles. The Morgan fingerprint density at radius 1 is 0.721 bits per heavy atom. The summed E-state index contributed by atoms with van der Waals surface area (Å²) in [4.78, 5) is 68.5. The van der Waals surface area contributed by atoms with Crippen LogP contribution in [0.5, 0.6) is 0 Å². The SMILES string of the molecule is COC(=O)NC(C(=O)N1CCC[C@H]1c1ncc(-c2ccc3cc(-c4ccc(C5=CN=C([C@@H]6CCCN6C(=O)[C@@H](NC(=O)OC)C(C)C)C5)cc4)ccc3c2)[nH]1)c1ccccc1. The van der Waals surface area contributed by atoms with E-state index in [1.54, 1.807) is 4.90 Å². The third kappa shape index (κ3) is 8.63. The molecule has 1 aromatic heterocycles. The Morgan fingerprint density at radius 2 is 1.33 bits per heavy atom. The lowest BCUT2D eigenvalue weighted by Crippen LogP contribution is -2.53. The molecule has 4 atom stereocenters. The van der Waals surface area contributed by atoms with Gasteiger partial charge in [0.1, 0.15) is 17.9 Å². The number of rotatable bonds is 11. The monoisotopic (exact) mass is 821 g/mol. The van der Waals surface area contributed by atoms with Crippen molar-refractivity contribution in [2.45, 2.75) is 70.1 Å². The number of imidazole rings is 1. The second-order valence-corrected chi connectivity index (χ2v) is 16.2. The quantitative estimate of drug-likeness (QED) is 0.121. The van der Waals surface area contributed by atoms with Crippen molar-refractivity contribution in [1.29, 1.82) is 0 Å². The summed E-state index contributed by atoms with van der Waals surface area (Å²) in [5.41, 5.74) is 7.92. The highest BCUT2D eigenvalue weighted by atomic mass is 16.5. The second kappa shape index (κ2) is 17.8. The number of methoxy groups -OCH3 is 2. The number of hydrogen-bond donors (Lipinski definition) is 3. The van der Waals surface area contributed by atoms with Crippen LogP contribution in [0.2, 0.25) is 0 Å². The van der Waals surface area contributed by atoms with Crippen molar-refractivity contribution in [1.82, 2.24) is 30.4 Å². The third-order valence-corrected chi connectivity index (χ3v) is 12.1. The van der Waals surface area contributed by atoms with Crippen LogP contribution in [0, 0.1) is 5.92 Å². The van der Waals surface area contributed by atoms with Crippen LogP contribution in [0.4, 0.5) is 9.59 Å². The van der Waals surface area contributed by atoms with Gasteiger partial charge in [0, 0.05) is 37.0 Å². The first-order valence-electron chi connectivity index (χ1n) is 20.9. The first-order chi connectivity index (χ1) is 29.6. The fourth-order valence-electron chi connectivity index (χ4n) is 8.80. The van der Waals surface area contributed by atoms with Crippen molar-refractivity contribution in [2.24, 2.45) is 10.9 Å². The summed E-state index contributed by atoms with van der Waals surface area (Å²) in [7, 11) is 2.59. The molecule has 2 fully saturated rings. The minimum atomic E-state index is -0.879. The molecule has 3 aliphatic rings. The van der Waals surface area contributed by atoms with Crippen molar-refractivity contribution in [3.63, 3.8) is 0 Å². The summed E-state index contributed by atoms with van der Waals surface area (Å²) < 4.78 is 9.62. The molecule has 0 radical (unpaired) electrons. The number of carbonyl (C=O) groups is 4. The Bertz CT molecular complexity index is 2490. The van der Waals surface area contributed by atoms with Gasteiger partial charge in [0.2, 0.25) is 5.91 Å². The number of fused-ring (bicyclic) bond motifs is 1. The Kier molecular flexibility index (Phi) is 12.0. The minimum absolute atomic E-state index is 0.0866. The zero-order valence-electron chi connectivity index (χ0n) is 34.9. The number of amides is 4. The van der Waals surface area contributed by atoms with Gasteiger partial charge >= 0.3 is 12.2 Å². The molecule has 5 aromatic rings. The van der Waals surface area contributed by atoms with Crippen LogP contribution >= 0.6 is 0 Å². The molecule has 2 saturated heterocycles. The first kappa shape index (κ1) is 41.0. The lowest BCUT2D eigenvalue weighted by molar-refractivity contribution is -0.135. The summed E-state index contributed by atoms with van der Waals surface area (Å²) in [6.45, 7) is 5.03. The topological polar surface area (TPSA) is 158 Å². The van der Waals surface area contributed by atoms with E-state index in [0.717, 1.165) is 75.7 Å². The summed E-state index contributed by atoms with van der Waals surface area (Å²) >= 11 is 0. The van der Waals surface area contributed by atoms with Crippen LogP contribution in [-0.2, 0) is 19.1 Å². The summed E-state index contributed by atoms with van der Waals surface area (Å²) in [5.74, 6) is 0.315. The molecule has 0 bridgehead atoms. The van der Waals surface area contributed by atoms with E-state index in [1.165, 1.54) is 14.2 Å². The van der Waals surface area contributed by atoms with Crippen molar-refractivity contribution in [3.05, 3.63) is 120 Å². The predicted octanol–water partition coefficient (Wildman–Crippen LogP) is 8.21. The molecule has 4 aromatic carbocycles. The van der Waals surface area contributed by atoms with Crippen molar-refractivity contribution in [2.75, 3.05) is 27.3 Å². The van der Waals surface area contributed by atoms with Crippen LogP contribution in [0.15, 0.2) is 108 Å². The number of allylic oxidation sites excluding steroid dienone is 1. The fraction of sp³-hybridized carbons (Fsp3) is 0.333. The molecule has 13 nitrogen and oxygen atoms in total. The number of benzene rings is 4. The zero-order chi connectivity index (χ0) is 42.6. The molecule has 3 N–H and O–H groups in total. The largest absolute Gasteiger partial charge is 0.453 e. The van der Waals surface area contributed by atoms with E-state index in [1.807, 2.05) is 61.5 Å². The highest BCUT2D eigenvalue weighted by Gasteiger charge is 2.39. The molecule has 1 unspecified atom stereocenters. The van der Waals surface area contributed by atoms with Gasteiger partial charge in [-0.3, -0.25) is 14.6 Å². The Morgan fingerprint density at radius 3 is 2.02 bits per heavy atom. The van der Waals surface area contributed by atoms with E-state index in [0.29, 0.717) is 30.9 Å². The van der Waals surface area contributed by atoms with Crippen molar-refractivity contribution in [3.8, 4) is 22.4 Å². The average molecular weight is 822 g/mol. The molecule has 61 heavy (non-hydrogen) atoms. The Labute approximate surface area is 355 Å². The van der Waals surface area contributed by atoms with Crippen LogP contribution in [0.3, 0.4) is 0 Å². The smallest absolute Gasteiger partial charge is 0.407 e. The van der Waals surface area contributed by atoms with E-state index in [2.05, 4.69) is 76.3 Å². The summed E-state index contributed by atoms with van der Waals surface area (Å²) in [5, 5.41) is 7.64. The van der Waals surface area contributed by atoms with Gasteiger partial charge in [-0.2, -0.15) is 0 Å². The molecular formula is C48H51N7O6. The van der Waals surface area contributed by atoms with E-state index in [-0.39, 0.29) is 29.8 Å². The molecule has 3 aliphatic heterocycles. The molecule has 13 heteroatoms. The number of ether oxygens (including phenoxy) is 2. The van der Waals surface area contributed by atoms with Gasteiger partial charge < -0.3 is 34.9 Å². The van der Waals surface area contributed by atoms with Crippen LogP contribution in [0.1, 0.15) is 75.0 Å². The fourth-order valence-corrected chi connectivity index (χ4v) is 8.80. The maximum absolute atomic E-state index is 13.9. The standard InChI is InChI=1S/C48H51N7O6/c1-29(2)42(52-47(58)60-3)45(56)54-22-8-12-40(54)38-26-37(27-49-38)31-16-14-30(15-17-31)33-18-19-35-25-36(21-20-34(35)24-33)39-28-50-44(51-39)41-13-9-23-55(41)46(57)43(53-48(59)61-4)32-10-6-5-7-11-32/h5-7,10-11,14-21,24-25,27-29,40-43H,8-9,12-13,22-23,26H2,1-4H3,(H,50,51)(H,52,58)(H,53,59)/t40-,41-,42-,43?/m0/s1. The van der Waals surface area contributed by atoms with E-state index in [4.69, 9.17) is 19.5 Å². The molecule has 8 rings (SSSR count). The van der Waals surface area contributed by atoms with Gasteiger partial charge in [-0.05, 0) is 82.3 Å². The molecular weight excluding hydrogens is 771 g/mol. The number of aromatic nitrogens is 2. The number of hydrogen-bond acceptors (Lipinski definition) is 8. The van der Waals surface area contributed by atoms with Crippen LogP contribution < -0.4 is 10.6 Å². The van der Waals surface area contributed by atoms with Gasteiger partial charge in [-0.1, -0.05) is 92.7 Å². The molecule has 0 aliphatic carbocycles. The number of nitrogens with zero attached hydrogens (tertiary/aromatic N) is 4. The Hall–Kier alpha value is -6.76. The van der Waals surface area contributed by atoms with Gasteiger partial charge in [0.25, 0.3) is 5.91 Å². The summed E-state index contributed by atoms with van der Waals surface area (Å²) in [6.07, 6.45) is 6.44. The molecule has 0 saturated carbocycles. The maximum Gasteiger partial charge on any atom is 0.407 e. The zero-order valence-corrected chi connectivity index (χ0v) is 34.9.